The minimum absolute atomic E-state index is 0.0864. The van der Waals surface area contributed by atoms with Crippen LogP contribution in [0.4, 0.5) is 0 Å². The van der Waals surface area contributed by atoms with Gasteiger partial charge in [0.1, 0.15) is 0 Å². The van der Waals surface area contributed by atoms with Gasteiger partial charge in [0.05, 0.1) is 32.8 Å². The summed E-state index contributed by atoms with van der Waals surface area (Å²) in [7, 11) is 2.93. The van der Waals surface area contributed by atoms with Gasteiger partial charge in [-0.2, -0.15) is 0 Å². The van der Waals surface area contributed by atoms with Crippen LogP contribution < -0.4 is 29.6 Å². The highest BCUT2D eigenvalue weighted by atomic mass is 16.7. The molecule has 11 nitrogen and oxygen atoms in total. The van der Waals surface area contributed by atoms with Crippen molar-refractivity contribution < 1.29 is 38.4 Å². The number of esters is 1. The fourth-order valence-electron chi connectivity index (χ4n) is 6.75. The number of carbonyl (C=O) groups excluding carboxylic acids is 2. The summed E-state index contributed by atoms with van der Waals surface area (Å²) in [5.74, 6) is -0.277. The molecule has 2 aromatic carbocycles. The van der Waals surface area contributed by atoms with Gasteiger partial charge in [0.2, 0.25) is 18.4 Å². The van der Waals surface area contributed by atoms with Gasteiger partial charge in [0, 0.05) is 30.8 Å². The van der Waals surface area contributed by atoms with Crippen molar-refractivity contribution in [2.45, 2.75) is 51.6 Å². The van der Waals surface area contributed by atoms with Crippen molar-refractivity contribution in [3.8, 4) is 28.7 Å². The Bertz CT molecular complexity index is 1300. The van der Waals surface area contributed by atoms with Crippen molar-refractivity contribution >= 4 is 11.9 Å². The van der Waals surface area contributed by atoms with Gasteiger partial charge in [-0.05, 0) is 73.9 Å². The Hall–Kier alpha value is -3.70. The third-order valence-corrected chi connectivity index (χ3v) is 9.00. The molecule has 1 amide bonds. The minimum atomic E-state index is -0.583. The topological polar surface area (TPSA) is 128 Å². The Morgan fingerprint density at radius 2 is 1.70 bits per heavy atom. The predicted octanol–water partition coefficient (Wildman–Crippen LogP) is 3.33. The molecule has 0 aromatic heterocycles. The fourth-order valence-corrected chi connectivity index (χ4v) is 6.75. The van der Waals surface area contributed by atoms with E-state index in [0.717, 1.165) is 42.9 Å². The number of phenols is 1. The molecule has 0 saturated carbocycles. The second-order valence-corrected chi connectivity index (χ2v) is 11.3. The number of phenolic OH excluding ortho intramolecular Hbond substituents is 1. The number of cyclic esters (lactones) is 1. The van der Waals surface area contributed by atoms with Gasteiger partial charge < -0.3 is 39.4 Å². The summed E-state index contributed by atoms with van der Waals surface area (Å²) in [6.07, 6.45) is 1.04. The first-order chi connectivity index (χ1) is 20.8. The van der Waals surface area contributed by atoms with E-state index in [0.29, 0.717) is 30.4 Å². The number of hydrogen-bond acceptors (Lipinski definition) is 10. The van der Waals surface area contributed by atoms with Crippen LogP contribution in [0.2, 0.25) is 0 Å². The number of methoxy groups -OCH3 is 2. The van der Waals surface area contributed by atoms with Crippen LogP contribution in [0.15, 0.2) is 24.3 Å². The average Bonchev–Trinajstić information content (AvgIpc) is 3.63. The Morgan fingerprint density at radius 3 is 2.33 bits per heavy atom. The molecule has 1 fully saturated rings. The fraction of sp³-hybridized carbons (Fsp3) is 0.562. The van der Waals surface area contributed by atoms with Crippen LogP contribution in [-0.2, 0) is 14.3 Å². The Balaban J connectivity index is 1.40. The van der Waals surface area contributed by atoms with E-state index < -0.39 is 17.9 Å². The monoisotopic (exact) mass is 597 g/mol. The number of ether oxygens (including phenoxy) is 5. The van der Waals surface area contributed by atoms with Gasteiger partial charge in [0.25, 0.3) is 0 Å². The number of aromatic hydroxyl groups is 1. The maximum atomic E-state index is 13.3. The predicted molar refractivity (Wildman–Crippen MR) is 159 cm³/mol. The molecule has 43 heavy (non-hydrogen) atoms. The molecule has 2 aromatic rings. The number of carbonyl (C=O) groups is 2. The molecule has 0 radical (unpaired) electrons. The molecule has 0 bridgehead atoms. The number of benzene rings is 2. The number of likely N-dealkylation sites (N-methyl/N-ethyl adjacent to an activating group) is 1. The van der Waals surface area contributed by atoms with E-state index in [2.05, 4.69) is 36.3 Å². The molecule has 2 heterocycles. The van der Waals surface area contributed by atoms with Crippen LogP contribution in [-0.4, -0.2) is 81.7 Å². The summed E-state index contributed by atoms with van der Waals surface area (Å²) in [6.45, 7) is 10.4. The van der Waals surface area contributed by atoms with E-state index in [9.17, 15) is 14.7 Å². The van der Waals surface area contributed by atoms with Crippen LogP contribution in [0.25, 0.3) is 0 Å². The van der Waals surface area contributed by atoms with Crippen LogP contribution in [0.1, 0.15) is 62.3 Å². The zero-order valence-corrected chi connectivity index (χ0v) is 25.6. The summed E-state index contributed by atoms with van der Waals surface area (Å²) in [5.41, 5.74) is 2.38. The van der Waals surface area contributed by atoms with Crippen molar-refractivity contribution in [3.63, 3.8) is 0 Å². The number of nitrogens with one attached hydrogen (secondary N) is 2. The molecule has 5 rings (SSSR count). The zero-order valence-electron chi connectivity index (χ0n) is 25.6. The second kappa shape index (κ2) is 13.3. The summed E-state index contributed by atoms with van der Waals surface area (Å²) in [5, 5.41) is 17.3. The average molecular weight is 598 g/mol. The van der Waals surface area contributed by atoms with Crippen molar-refractivity contribution in [3.05, 3.63) is 41.0 Å². The van der Waals surface area contributed by atoms with Crippen molar-refractivity contribution in [1.29, 1.82) is 0 Å². The summed E-state index contributed by atoms with van der Waals surface area (Å²) >= 11 is 0. The lowest BCUT2D eigenvalue weighted by atomic mass is 9.65. The van der Waals surface area contributed by atoms with Crippen molar-refractivity contribution in [2.75, 3.05) is 53.8 Å². The van der Waals surface area contributed by atoms with Gasteiger partial charge in [-0.1, -0.05) is 13.8 Å². The molecule has 5 unspecified atom stereocenters. The number of fused-ring (bicyclic) bond motifs is 3. The van der Waals surface area contributed by atoms with E-state index in [1.165, 1.54) is 14.2 Å². The molecular weight excluding hydrogens is 554 g/mol. The normalized spacial score (nSPS) is 22.5. The molecule has 11 heteroatoms. The molecule has 5 atom stereocenters. The minimum Gasteiger partial charge on any atom is -0.502 e. The molecule has 234 valence electrons. The van der Waals surface area contributed by atoms with Crippen LogP contribution in [0.3, 0.4) is 0 Å². The lowest BCUT2D eigenvalue weighted by Gasteiger charge is -2.39. The van der Waals surface area contributed by atoms with Gasteiger partial charge in [-0.15, -0.1) is 0 Å². The zero-order chi connectivity index (χ0) is 30.7. The molecule has 1 saturated heterocycles. The maximum Gasteiger partial charge on any atom is 0.310 e. The quantitative estimate of drug-likeness (QED) is 0.234. The van der Waals surface area contributed by atoms with E-state index in [1.54, 1.807) is 12.1 Å². The molecule has 0 spiro atoms. The van der Waals surface area contributed by atoms with Crippen LogP contribution in [0.5, 0.6) is 28.7 Å². The summed E-state index contributed by atoms with van der Waals surface area (Å²) in [4.78, 5) is 29.0. The molecular formula is C32H43N3O8. The van der Waals surface area contributed by atoms with E-state index in [1.807, 2.05) is 12.1 Å². The van der Waals surface area contributed by atoms with Crippen LogP contribution in [0, 0.1) is 11.8 Å². The Labute approximate surface area is 252 Å². The third kappa shape index (κ3) is 6.05. The van der Waals surface area contributed by atoms with Crippen molar-refractivity contribution in [1.82, 2.24) is 15.5 Å². The van der Waals surface area contributed by atoms with Gasteiger partial charge >= 0.3 is 5.97 Å². The highest BCUT2D eigenvalue weighted by molar-refractivity contribution is 5.81. The van der Waals surface area contributed by atoms with E-state index >= 15 is 0 Å². The molecule has 2 aliphatic heterocycles. The number of nitrogens with zero attached hydrogens (tertiary/aromatic N) is 1. The maximum absolute atomic E-state index is 13.3. The highest BCUT2D eigenvalue weighted by Crippen LogP contribution is 2.55. The Morgan fingerprint density at radius 1 is 1.05 bits per heavy atom. The van der Waals surface area contributed by atoms with E-state index in [-0.39, 0.29) is 48.4 Å². The largest absolute Gasteiger partial charge is 0.502 e. The summed E-state index contributed by atoms with van der Waals surface area (Å²) in [6, 6.07) is 7.18. The van der Waals surface area contributed by atoms with Gasteiger partial charge in [-0.3, -0.25) is 14.5 Å². The molecule has 1 aliphatic carbocycles. The molecule has 3 N–H and O–H groups in total. The lowest BCUT2D eigenvalue weighted by molar-refractivity contribution is -0.141. The number of hydrogen-bond donors (Lipinski definition) is 3. The first-order valence-electron chi connectivity index (χ1n) is 15.1. The second-order valence-electron chi connectivity index (χ2n) is 11.3. The SMILES string of the molecule is CCN(CC)C(C)CNCCCC(=O)NC1c2cc3c(cc2C(c2cc(OC)c(O)c(OC)c2)C2C(=O)OCC12)OCO3. The highest BCUT2D eigenvalue weighted by Gasteiger charge is 2.53. The standard InChI is InChI=1S/C32H43N3O8/c1-6-35(7-2)18(3)15-33-10-8-9-27(36)34-30-21-14-24-23(42-17-43-24)13-20(21)28(29-22(30)16-41-32(29)38)19-11-25(39-4)31(37)26(12-19)40-5/h11-14,18,22,28-30,33,37H,6-10,15-17H2,1-5H3,(H,34,36). The first-order valence-corrected chi connectivity index (χ1v) is 15.1. The first kappa shape index (κ1) is 30.7. The smallest absolute Gasteiger partial charge is 0.310 e. The van der Waals surface area contributed by atoms with Crippen LogP contribution >= 0.6 is 0 Å². The van der Waals surface area contributed by atoms with Gasteiger partial charge in [-0.25, -0.2) is 0 Å². The Kier molecular flexibility index (Phi) is 9.51. The number of amides is 1. The molecule has 3 aliphatic rings. The third-order valence-electron chi connectivity index (χ3n) is 9.00. The van der Waals surface area contributed by atoms with E-state index in [4.69, 9.17) is 23.7 Å². The number of rotatable bonds is 13. The van der Waals surface area contributed by atoms with Gasteiger partial charge in [0.15, 0.2) is 23.0 Å². The lowest BCUT2D eigenvalue weighted by Crippen LogP contribution is -2.43. The van der Waals surface area contributed by atoms with Crippen molar-refractivity contribution in [2.24, 2.45) is 11.8 Å². The summed E-state index contributed by atoms with van der Waals surface area (Å²) < 4.78 is 27.9.